The fourth-order valence-corrected chi connectivity index (χ4v) is 4.30. The van der Waals surface area contributed by atoms with Gasteiger partial charge in [0.1, 0.15) is 0 Å². The van der Waals surface area contributed by atoms with Crippen LogP contribution in [0, 0.1) is 20.8 Å². The first-order valence-electron chi connectivity index (χ1n) is 5.56. The van der Waals surface area contributed by atoms with E-state index >= 15 is 0 Å². The third-order valence-electron chi connectivity index (χ3n) is 2.95. The van der Waals surface area contributed by atoms with E-state index in [1.165, 1.54) is 27.1 Å². The van der Waals surface area contributed by atoms with Gasteiger partial charge in [-0.1, -0.05) is 22.0 Å². The number of hydrogen-bond acceptors (Lipinski definition) is 1. The predicted molar refractivity (Wildman–Crippen MR) is 88.1 cm³/mol. The molecule has 0 fully saturated rings. The van der Waals surface area contributed by atoms with E-state index in [9.17, 15) is 0 Å². The molecule has 2 rings (SSSR count). The molecule has 1 unspecified atom stereocenters. The number of aryl methyl sites for hydroxylation is 3. The quantitative estimate of drug-likeness (QED) is 0.496. The summed E-state index contributed by atoms with van der Waals surface area (Å²) < 4.78 is 2.30. The molecule has 0 radical (unpaired) electrons. The first-order chi connectivity index (χ1) is 8.40. The van der Waals surface area contributed by atoms with Crippen LogP contribution in [0.4, 0.5) is 0 Å². The summed E-state index contributed by atoms with van der Waals surface area (Å²) in [6, 6.07) is 6.46. The molecule has 0 aliphatic heterocycles. The van der Waals surface area contributed by atoms with Crippen molar-refractivity contribution >= 4 is 54.8 Å². The number of thiophene rings is 1. The van der Waals surface area contributed by atoms with Crippen molar-refractivity contribution in [1.82, 2.24) is 0 Å². The van der Waals surface area contributed by atoms with Gasteiger partial charge in [0, 0.05) is 9.35 Å². The number of halogens is 3. The molecule has 0 aliphatic carbocycles. The van der Waals surface area contributed by atoms with Crippen LogP contribution in [0.25, 0.3) is 0 Å². The summed E-state index contributed by atoms with van der Waals surface area (Å²) in [6.45, 7) is 6.28. The van der Waals surface area contributed by atoms with Gasteiger partial charge in [0.2, 0.25) is 0 Å². The Labute approximate surface area is 134 Å². The highest BCUT2D eigenvalue weighted by atomic mass is 79.9. The highest BCUT2D eigenvalue weighted by Gasteiger charge is 2.17. The molecule has 2 aromatic rings. The zero-order valence-corrected chi connectivity index (χ0v) is 15.1. The lowest BCUT2D eigenvalue weighted by Crippen LogP contribution is -1.95. The van der Waals surface area contributed by atoms with Crippen LogP contribution < -0.4 is 0 Å². The standard InChI is InChI=1S/C14H13Br2ClS/c1-7-5-11(15)8(2)4-10(7)13(17)12-6-9(3)14(16)18-12/h4-6,13H,1-3H3. The number of hydrogen-bond donors (Lipinski definition) is 0. The van der Waals surface area contributed by atoms with Gasteiger partial charge in [0.25, 0.3) is 0 Å². The van der Waals surface area contributed by atoms with Gasteiger partial charge in [0.15, 0.2) is 0 Å². The van der Waals surface area contributed by atoms with Crippen LogP contribution in [0.5, 0.6) is 0 Å². The molecule has 0 nitrogen and oxygen atoms in total. The van der Waals surface area contributed by atoms with Crippen molar-refractivity contribution in [3.63, 3.8) is 0 Å². The molecule has 0 amide bonds. The zero-order chi connectivity index (χ0) is 13.4. The lowest BCUT2D eigenvalue weighted by atomic mass is 10.0. The van der Waals surface area contributed by atoms with E-state index in [1.807, 2.05) is 0 Å². The summed E-state index contributed by atoms with van der Waals surface area (Å²) in [4.78, 5) is 1.19. The molecule has 0 saturated carbocycles. The minimum absolute atomic E-state index is 0.0770. The summed E-state index contributed by atoms with van der Waals surface area (Å²) in [7, 11) is 0. The van der Waals surface area contributed by atoms with Crippen molar-refractivity contribution in [1.29, 1.82) is 0 Å². The van der Waals surface area contributed by atoms with E-state index in [1.54, 1.807) is 11.3 Å². The SMILES string of the molecule is Cc1cc(C(Cl)c2cc(C)c(Br)s2)c(C)cc1Br. The minimum atomic E-state index is -0.0770. The number of benzene rings is 1. The Kier molecular flexibility index (Phi) is 4.58. The second kappa shape index (κ2) is 5.66. The monoisotopic (exact) mass is 406 g/mol. The molecule has 96 valence electrons. The Morgan fingerprint density at radius 1 is 1.00 bits per heavy atom. The molecule has 1 aromatic carbocycles. The van der Waals surface area contributed by atoms with Crippen molar-refractivity contribution < 1.29 is 0 Å². The fraction of sp³-hybridized carbons (Fsp3) is 0.286. The predicted octanol–water partition coefficient (Wildman–Crippen LogP) is 6.53. The topological polar surface area (TPSA) is 0 Å². The first kappa shape index (κ1) is 14.6. The Hall–Kier alpha value is 0.170. The van der Waals surface area contributed by atoms with Crippen LogP contribution in [-0.4, -0.2) is 0 Å². The molecule has 18 heavy (non-hydrogen) atoms. The summed E-state index contributed by atoms with van der Waals surface area (Å²) in [5.74, 6) is 0. The van der Waals surface area contributed by atoms with E-state index in [2.05, 4.69) is 70.8 Å². The van der Waals surface area contributed by atoms with E-state index < -0.39 is 0 Å². The van der Waals surface area contributed by atoms with Crippen molar-refractivity contribution in [3.05, 3.63) is 53.6 Å². The Bertz CT molecular complexity index is 570. The Balaban J connectivity index is 2.45. The normalized spacial score (nSPS) is 12.8. The van der Waals surface area contributed by atoms with Crippen molar-refractivity contribution in [2.75, 3.05) is 0 Å². The molecule has 0 N–H and O–H groups in total. The average molecular weight is 409 g/mol. The van der Waals surface area contributed by atoms with Gasteiger partial charge in [-0.3, -0.25) is 0 Å². The minimum Gasteiger partial charge on any atom is -0.131 e. The van der Waals surface area contributed by atoms with Gasteiger partial charge in [0.05, 0.1) is 9.16 Å². The fourth-order valence-electron chi connectivity index (χ4n) is 1.84. The molecule has 1 heterocycles. The van der Waals surface area contributed by atoms with Crippen LogP contribution in [0.3, 0.4) is 0 Å². The van der Waals surface area contributed by atoms with E-state index in [0.717, 1.165) is 8.26 Å². The van der Waals surface area contributed by atoms with Crippen LogP contribution in [0.2, 0.25) is 0 Å². The van der Waals surface area contributed by atoms with Gasteiger partial charge < -0.3 is 0 Å². The van der Waals surface area contributed by atoms with Crippen LogP contribution in [0.1, 0.15) is 32.5 Å². The largest absolute Gasteiger partial charge is 0.131 e. The Morgan fingerprint density at radius 3 is 2.22 bits per heavy atom. The van der Waals surface area contributed by atoms with Gasteiger partial charge in [-0.2, -0.15) is 0 Å². The van der Waals surface area contributed by atoms with Gasteiger partial charge >= 0.3 is 0 Å². The van der Waals surface area contributed by atoms with Gasteiger partial charge in [-0.25, -0.2) is 0 Å². The molecule has 1 aromatic heterocycles. The second-order valence-electron chi connectivity index (χ2n) is 4.43. The van der Waals surface area contributed by atoms with Crippen LogP contribution >= 0.6 is 54.8 Å². The third kappa shape index (κ3) is 2.84. The maximum Gasteiger partial charge on any atom is 0.0930 e. The summed E-state index contributed by atoms with van der Waals surface area (Å²) >= 11 is 15.4. The highest BCUT2D eigenvalue weighted by Crippen LogP contribution is 2.39. The van der Waals surface area contributed by atoms with Crippen LogP contribution in [-0.2, 0) is 0 Å². The van der Waals surface area contributed by atoms with Gasteiger partial charge in [-0.15, -0.1) is 22.9 Å². The number of alkyl halides is 1. The van der Waals surface area contributed by atoms with Crippen molar-refractivity contribution in [3.8, 4) is 0 Å². The summed E-state index contributed by atoms with van der Waals surface area (Å²) in [6.07, 6.45) is 0. The van der Waals surface area contributed by atoms with Crippen molar-refractivity contribution in [2.24, 2.45) is 0 Å². The third-order valence-corrected chi connectivity index (χ3v) is 6.60. The van der Waals surface area contributed by atoms with E-state index in [0.29, 0.717) is 0 Å². The van der Waals surface area contributed by atoms with E-state index in [-0.39, 0.29) is 5.38 Å². The molecule has 1 atom stereocenters. The molecule has 0 spiro atoms. The second-order valence-corrected chi connectivity index (χ2v) is 8.12. The smallest absolute Gasteiger partial charge is 0.0930 e. The van der Waals surface area contributed by atoms with Crippen molar-refractivity contribution in [2.45, 2.75) is 26.1 Å². The zero-order valence-electron chi connectivity index (χ0n) is 10.4. The summed E-state index contributed by atoms with van der Waals surface area (Å²) in [5.41, 5.74) is 4.86. The van der Waals surface area contributed by atoms with E-state index in [4.69, 9.17) is 11.6 Å². The maximum atomic E-state index is 6.62. The summed E-state index contributed by atoms with van der Waals surface area (Å²) in [5, 5.41) is -0.0770. The molecule has 0 bridgehead atoms. The molecule has 4 heteroatoms. The Morgan fingerprint density at radius 2 is 1.67 bits per heavy atom. The average Bonchev–Trinajstić information content (AvgIpc) is 2.63. The molecule has 0 aliphatic rings. The maximum absolute atomic E-state index is 6.62. The lowest BCUT2D eigenvalue weighted by molar-refractivity contribution is 1.13. The molecule has 0 saturated heterocycles. The molecular formula is C14H13Br2ClS. The highest BCUT2D eigenvalue weighted by molar-refractivity contribution is 9.11. The lowest BCUT2D eigenvalue weighted by Gasteiger charge is -2.13. The van der Waals surface area contributed by atoms with Crippen LogP contribution in [0.15, 0.2) is 26.5 Å². The first-order valence-corrected chi connectivity index (χ1v) is 8.40. The molecular weight excluding hydrogens is 395 g/mol. The van der Waals surface area contributed by atoms with Gasteiger partial charge in [-0.05, 0) is 71.1 Å². The number of rotatable bonds is 2.